The van der Waals surface area contributed by atoms with Crippen LogP contribution in [0.25, 0.3) is 10.1 Å². The van der Waals surface area contributed by atoms with Gasteiger partial charge in [-0.05, 0) is 55.5 Å². The summed E-state index contributed by atoms with van der Waals surface area (Å²) in [5.41, 5.74) is 1.17. The molecule has 2 heterocycles. The van der Waals surface area contributed by atoms with E-state index in [0.29, 0.717) is 6.04 Å². The predicted molar refractivity (Wildman–Crippen MR) is 92.6 cm³/mol. The summed E-state index contributed by atoms with van der Waals surface area (Å²) in [6, 6.07) is 8.89. The van der Waals surface area contributed by atoms with Gasteiger partial charge >= 0.3 is 0 Å². The van der Waals surface area contributed by atoms with Crippen LogP contribution in [0.1, 0.15) is 53.8 Å². The van der Waals surface area contributed by atoms with Crippen LogP contribution in [-0.2, 0) is 0 Å². The fraction of sp³-hybridized carbons (Fsp3) is 0.526. The molecule has 4 rings (SSSR count). The van der Waals surface area contributed by atoms with E-state index in [1.165, 1.54) is 54.2 Å². The lowest BCUT2D eigenvalue weighted by molar-refractivity contribution is 0.0395. The molecule has 1 saturated heterocycles. The largest absolute Gasteiger partial charge is 0.335 e. The van der Waals surface area contributed by atoms with Crippen molar-refractivity contribution in [2.45, 2.75) is 51.5 Å². The van der Waals surface area contributed by atoms with Crippen molar-refractivity contribution in [2.24, 2.45) is 5.92 Å². The Morgan fingerprint density at radius 1 is 1.14 bits per heavy atom. The number of carbonyl (C=O) groups is 1. The third-order valence-corrected chi connectivity index (χ3v) is 6.80. The molecule has 2 atom stereocenters. The summed E-state index contributed by atoms with van der Waals surface area (Å²) in [5.74, 6) is 1.04. The molecule has 1 amide bonds. The van der Waals surface area contributed by atoms with E-state index in [0.717, 1.165) is 17.3 Å². The first-order valence-corrected chi connectivity index (χ1v) is 9.36. The highest BCUT2D eigenvalue weighted by Crippen LogP contribution is 2.38. The lowest BCUT2D eigenvalue weighted by Gasteiger charge is -2.44. The van der Waals surface area contributed by atoms with Gasteiger partial charge in [-0.2, -0.15) is 0 Å². The molecule has 1 saturated carbocycles. The number of hydrogen-bond acceptors (Lipinski definition) is 2. The van der Waals surface area contributed by atoms with Crippen molar-refractivity contribution in [3.05, 3.63) is 34.7 Å². The van der Waals surface area contributed by atoms with Crippen molar-refractivity contribution in [3.8, 4) is 0 Å². The molecule has 2 nitrogen and oxygen atoms in total. The highest BCUT2D eigenvalue weighted by Gasteiger charge is 2.36. The van der Waals surface area contributed by atoms with Crippen LogP contribution in [0, 0.1) is 12.8 Å². The summed E-state index contributed by atoms with van der Waals surface area (Å²) in [5, 5.41) is 1.24. The number of piperidine rings is 1. The summed E-state index contributed by atoms with van der Waals surface area (Å²) in [4.78, 5) is 16.4. The smallest absolute Gasteiger partial charge is 0.264 e. The molecule has 3 heteroatoms. The standard InChI is InChI=1S/C19H23NOS/c1-13-15-9-3-5-11-17(15)22-18(13)19(21)20-12-6-8-14-7-2-4-10-16(14)20/h3,5,9,11,14,16H,2,4,6-8,10,12H2,1H3. The molecule has 1 aliphatic heterocycles. The Bertz CT molecular complexity index is 703. The van der Waals surface area contributed by atoms with Crippen molar-refractivity contribution in [3.63, 3.8) is 0 Å². The second-order valence-electron chi connectivity index (χ2n) is 6.81. The zero-order valence-corrected chi connectivity index (χ0v) is 14.0. The molecule has 2 unspecified atom stereocenters. The Hall–Kier alpha value is -1.35. The molecular weight excluding hydrogens is 290 g/mol. The maximum absolute atomic E-state index is 13.2. The number of hydrogen-bond donors (Lipinski definition) is 0. The molecule has 0 bridgehead atoms. The summed E-state index contributed by atoms with van der Waals surface area (Å²) in [6.45, 7) is 3.06. The summed E-state index contributed by atoms with van der Waals surface area (Å²) < 4.78 is 1.24. The van der Waals surface area contributed by atoms with E-state index in [1.54, 1.807) is 11.3 Å². The van der Waals surface area contributed by atoms with Crippen molar-refractivity contribution < 1.29 is 4.79 Å². The number of likely N-dealkylation sites (tertiary alicyclic amines) is 1. The SMILES string of the molecule is Cc1c(C(=O)N2CCCC3CCCCC32)sc2ccccc12. The zero-order valence-electron chi connectivity index (χ0n) is 13.2. The minimum Gasteiger partial charge on any atom is -0.335 e. The fourth-order valence-corrected chi connectivity index (χ4v) is 5.55. The van der Waals surface area contributed by atoms with E-state index >= 15 is 0 Å². The maximum Gasteiger partial charge on any atom is 0.264 e. The molecule has 1 aliphatic carbocycles. The molecule has 1 aromatic heterocycles. The van der Waals surface area contributed by atoms with E-state index in [-0.39, 0.29) is 5.91 Å². The van der Waals surface area contributed by atoms with Gasteiger partial charge in [-0.15, -0.1) is 11.3 Å². The average molecular weight is 313 g/mol. The van der Waals surface area contributed by atoms with Gasteiger partial charge in [0, 0.05) is 17.3 Å². The van der Waals surface area contributed by atoms with Gasteiger partial charge in [0.25, 0.3) is 5.91 Å². The Labute approximate surface area is 136 Å². The van der Waals surface area contributed by atoms with E-state index in [9.17, 15) is 4.79 Å². The van der Waals surface area contributed by atoms with Gasteiger partial charge in [0.15, 0.2) is 0 Å². The maximum atomic E-state index is 13.2. The highest BCUT2D eigenvalue weighted by molar-refractivity contribution is 7.21. The highest BCUT2D eigenvalue weighted by atomic mass is 32.1. The van der Waals surface area contributed by atoms with Crippen LogP contribution in [0.4, 0.5) is 0 Å². The van der Waals surface area contributed by atoms with E-state index < -0.39 is 0 Å². The van der Waals surface area contributed by atoms with Gasteiger partial charge in [-0.25, -0.2) is 0 Å². The number of rotatable bonds is 1. The van der Waals surface area contributed by atoms with Crippen LogP contribution >= 0.6 is 11.3 Å². The van der Waals surface area contributed by atoms with E-state index in [4.69, 9.17) is 0 Å². The molecule has 2 fully saturated rings. The molecule has 1 aromatic carbocycles. The third-order valence-electron chi connectivity index (χ3n) is 5.54. The van der Waals surface area contributed by atoms with Crippen LogP contribution in [0.2, 0.25) is 0 Å². The molecule has 2 aliphatic rings. The topological polar surface area (TPSA) is 20.3 Å². The molecule has 22 heavy (non-hydrogen) atoms. The first-order chi connectivity index (χ1) is 10.8. The Morgan fingerprint density at radius 2 is 1.91 bits per heavy atom. The van der Waals surface area contributed by atoms with Crippen molar-refractivity contribution in [1.29, 1.82) is 0 Å². The minimum absolute atomic E-state index is 0.287. The quantitative estimate of drug-likeness (QED) is 0.725. The van der Waals surface area contributed by atoms with Gasteiger partial charge < -0.3 is 4.90 Å². The first kappa shape index (κ1) is 14.3. The van der Waals surface area contributed by atoms with Gasteiger partial charge in [0.05, 0.1) is 4.88 Å². The number of nitrogens with zero attached hydrogens (tertiary/aromatic N) is 1. The van der Waals surface area contributed by atoms with Crippen LogP contribution < -0.4 is 0 Å². The predicted octanol–water partition coefficient (Wildman–Crippen LogP) is 5.00. The van der Waals surface area contributed by atoms with Crippen LogP contribution in [0.15, 0.2) is 24.3 Å². The van der Waals surface area contributed by atoms with Gasteiger partial charge in [0.1, 0.15) is 0 Å². The fourth-order valence-electron chi connectivity index (χ4n) is 4.39. The number of aryl methyl sites for hydroxylation is 1. The Kier molecular flexibility index (Phi) is 3.69. The van der Waals surface area contributed by atoms with E-state index in [2.05, 4.69) is 36.1 Å². The third kappa shape index (κ3) is 2.26. The number of carbonyl (C=O) groups excluding carboxylic acids is 1. The van der Waals surface area contributed by atoms with Crippen LogP contribution in [-0.4, -0.2) is 23.4 Å². The Balaban J connectivity index is 1.68. The molecule has 116 valence electrons. The second-order valence-corrected chi connectivity index (χ2v) is 7.86. The number of amides is 1. The zero-order chi connectivity index (χ0) is 15.1. The molecule has 2 aromatic rings. The van der Waals surface area contributed by atoms with Crippen molar-refractivity contribution in [1.82, 2.24) is 4.90 Å². The minimum atomic E-state index is 0.287. The monoisotopic (exact) mass is 313 g/mol. The van der Waals surface area contributed by atoms with Gasteiger partial charge in [-0.3, -0.25) is 4.79 Å². The Morgan fingerprint density at radius 3 is 2.77 bits per heavy atom. The normalized spacial score (nSPS) is 25.2. The second kappa shape index (κ2) is 5.69. The van der Waals surface area contributed by atoms with Crippen LogP contribution in [0.5, 0.6) is 0 Å². The molecule has 0 radical (unpaired) electrons. The number of fused-ring (bicyclic) bond motifs is 2. The molecule has 0 spiro atoms. The van der Waals surface area contributed by atoms with Crippen molar-refractivity contribution >= 4 is 27.3 Å². The average Bonchev–Trinajstić information content (AvgIpc) is 2.91. The number of thiophene rings is 1. The van der Waals surface area contributed by atoms with Gasteiger partial charge in [-0.1, -0.05) is 31.0 Å². The molecule has 0 N–H and O–H groups in total. The lowest BCUT2D eigenvalue weighted by atomic mass is 9.78. The number of benzene rings is 1. The summed E-state index contributed by atoms with van der Waals surface area (Å²) in [6.07, 6.45) is 7.67. The first-order valence-electron chi connectivity index (χ1n) is 8.55. The van der Waals surface area contributed by atoms with Crippen molar-refractivity contribution in [2.75, 3.05) is 6.54 Å². The summed E-state index contributed by atoms with van der Waals surface area (Å²) in [7, 11) is 0. The van der Waals surface area contributed by atoms with Crippen LogP contribution in [0.3, 0.4) is 0 Å². The summed E-state index contributed by atoms with van der Waals surface area (Å²) >= 11 is 1.67. The van der Waals surface area contributed by atoms with E-state index in [1.807, 2.05) is 0 Å². The lowest BCUT2D eigenvalue weighted by Crippen LogP contribution is -2.49. The molecular formula is C19H23NOS. The van der Waals surface area contributed by atoms with Gasteiger partial charge in [0.2, 0.25) is 0 Å².